The summed E-state index contributed by atoms with van der Waals surface area (Å²) in [5.74, 6) is 1.27. The van der Waals surface area contributed by atoms with Gasteiger partial charge in [0, 0.05) is 43.3 Å². The molecule has 128 valence electrons. The van der Waals surface area contributed by atoms with Gasteiger partial charge in [-0.1, -0.05) is 0 Å². The van der Waals surface area contributed by atoms with Crippen molar-refractivity contribution in [2.75, 3.05) is 23.3 Å². The molecule has 1 amide bonds. The van der Waals surface area contributed by atoms with E-state index in [4.69, 9.17) is 0 Å². The Morgan fingerprint density at radius 3 is 2.54 bits per heavy atom. The first-order valence-corrected chi connectivity index (χ1v) is 8.31. The summed E-state index contributed by atoms with van der Waals surface area (Å²) in [6, 6.07) is 3.84. The Bertz CT molecular complexity index is 714. The highest BCUT2D eigenvalue weighted by Gasteiger charge is 2.27. The van der Waals surface area contributed by atoms with Crippen molar-refractivity contribution < 1.29 is 4.79 Å². The van der Waals surface area contributed by atoms with Crippen LogP contribution in [0.3, 0.4) is 0 Å². The van der Waals surface area contributed by atoms with Gasteiger partial charge in [-0.3, -0.25) is 9.48 Å². The third kappa shape index (κ3) is 3.55. The Morgan fingerprint density at radius 2 is 1.92 bits per heavy atom. The maximum Gasteiger partial charge on any atom is 0.230 e. The van der Waals surface area contributed by atoms with E-state index in [-0.39, 0.29) is 11.8 Å². The summed E-state index contributed by atoms with van der Waals surface area (Å²) in [4.78, 5) is 23.7. The Hall–Kier alpha value is -2.44. The van der Waals surface area contributed by atoms with Gasteiger partial charge in [-0.2, -0.15) is 5.10 Å². The minimum Gasteiger partial charge on any atom is -0.340 e. The predicted molar refractivity (Wildman–Crippen MR) is 93.0 cm³/mol. The molecule has 1 aliphatic rings. The van der Waals surface area contributed by atoms with Gasteiger partial charge >= 0.3 is 0 Å². The van der Waals surface area contributed by atoms with Crippen LogP contribution in [0.5, 0.6) is 0 Å². The smallest absolute Gasteiger partial charge is 0.230 e. The van der Waals surface area contributed by atoms with Crippen LogP contribution >= 0.6 is 0 Å². The number of aromatic nitrogens is 4. The molecule has 0 bridgehead atoms. The largest absolute Gasteiger partial charge is 0.340 e. The second-order valence-corrected chi connectivity index (χ2v) is 6.52. The van der Waals surface area contributed by atoms with Crippen molar-refractivity contribution in [2.24, 2.45) is 13.0 Å². The number of aryl methyl sites for hydroxylation is 4. The summed E-state index contributed by atoms with van der Waals surface area (Å²) in [5, 5.41) is 7.22. The average molecular weight is 328 g/mol. The molecule has 1 aliphatic heterocycles. The molecule has 0 spiro atoms. The van der Waals surface area contributed by atoms with E-state index >= 15 is 0 Å². The minimum atomic E-state index is -0.0783. The summed E-state index contributed by atoms with van der Waals surface area (Å²) < 4.78 is 1.76. The van der Waals surface area contributed by atoms with E-state index in [0.717, 1.165) is 42.4 Å². The third-order valence-electron chi connectivity index (χ3n) is 4.41. The van der Waals surface area contributed by atoms with Crippen molar-refractivity contribution in [3.05, 3.63) is 29.2 Å². The Balaban J connectivity index is 1.69. The van der Waals surface area contributed by atoms with Crippen molar-refractivity contribution in [3.63, 3.8) is 0 Å². The highest BCUT2D eigenvalue weighted by molar-refractivity contribution is 5.92. The first kappa shape index (κ1) is 16.4. The molecule has 0 radical (unpaired) electrons. The first-order chi connectivity index (χ1) is 11.4. The van der Waals surface area contributed by atoms with E-state index in [9.17, 15) is 4.79 Å². The maximum atomic E-state index is 12.6. The van der Waals surface area contributed by atoms with Gasteiger partial charge in [-0.25, -0.2) is 9.97 Å². The summed E-state index contributed by atoms with van der Waals surface area (Å²) in [7, 11) is 1.87. The number of amides is 1. The number of piperidine rings is 1. The fourth-order valence-electron chi connectivity index (χ4n) is 3.07. The minimum absolute atomic E-state index is 0.0159. The zero-order valence-corrected chi connectivity index (χ0v) is 14.7. The van der Waals surface area contributed by atoms with Gasteiger partial charge < -0.3 is 10.2 Å². The number of nitrogens with zero attached hydrogens (tertiary/aromatic N) is 5. The first-order valence-electron chi connectivity index (χ1n) is 8.31. The van der Waals surface area contributed by atoms with Crippen LogP contribution in [0.4, 0.5) is 11.8 Å². The summed E-state index contributed by atoms with van der Waals surface area (Å²) in [5.41, 5.74) is 2.92. The molecule has 0 aliphatic carbocycles. The second-order valence-electron chi connectivity index (χ2n) is 6.52. The summed E-state index contributed by atoms with van der Waals surface area (Å²) in [6.07, 6.45) is 1.83. The van der Waals surface area contributed by atoms with Crippen LogP contribution in [0.2, 0.25) is 0 Å². The van der Waals surface area contributed by atoms with Crippen LogP contribution in [0.15, 0.2) is 12.1 Å². The Labute approximate surface area is 142 Å². The van der Waals surface area contributed by atoms with Gasteiger partial charge in [0.2, 0.25) is 11.9 Å². The molecule has 0 saturated carbocycles. The van der Waals surface area contributed by atoms with Crippen molar-refractivity contribution in [2.45, 2.75) is 33.6 Å². The number of hydrogen-bond donors (Lipinski definition) is 1. The fraction of sp³-hybridized carbons (Fsp3) is 0.529. The van der Waals surface area contributed by atoms with Crippen LogP contribution in [-0.4, -0.2) is 38.7 Å². The van der Waals surface area contributed by atoms with Crippen LogP contribution in [0.25, 0.3) is 0 Å². The van der Waals surface area contributed by atoms with E-state index in [2.05, 4.69) is 25.3 Å². The highest BCUT2D eigenvalue weighted by Crippen LogP contribution is 2.22. The Morgan fingerprint density at radius 1 is 1.21 bits per heavy atom. The van der Waals surface area contributed by atoms with E-state index in [1.165, 1.54) is 0 Å². The molecule has 1 saturated heterocycles. The lowest BCUT2D eigenvalue weighted by Gasteiger charge is -2.32. The molecular formula is C17H24N6O. The lowest BCUT2D eigenvalue weighted by molar-refractivity contribution is -0.120. The topological polar surface area (TPSA) is 75.9 Å². The van der Waals surface area contributed by atoms with Crippen LogP contribution in [-0.2, 0) is 11.8 Å². The summed E-state index contributed by atoms with van der Waals surface area (Å²) in [6.45, 7) is 7.42. The van der Waals surface area contributed by atoms with Gasteiger partial charge in [0.25, 0.3) is 0 Å². The van der Waals surface area contributed by atoms with Gasteiger partial charge in [0.05, 0.1) is 5.92 Å². The SMILES string of the molecule is Cc1cc(C)nc(N2CCC[C@H](C(=O)Nc3cc(C)n(C)n3)C2)n1. The molecule has 1 fully saturated rings. The average Bonchev–Trinajstić information content (AvgIpc) is 2.84. The quantitative estimate of drug-likeness (QED) is 0.932. The van der Waals surface area contributed by atoms with E-state index in [1.54, 1.807) is 4.68 Å². The monoisotopic (exact) mass is 328 g/mol. The van der Waals surface area contributed by atoms with Gasteiger partial charge in [0.1, 0.15) is 0 Å². The van der Waals surface area contributed by atoms with E-state index in [1.807, 2.05) is 40.0 Å². The molecule has 2 aromatic heterocycles. The van der Waals surface area contributed by atoms with Gasteiger partial charge in [-0.05, 0) is 39.7 Å². The summed E-state index contributed by atoms with van der Waals surface area (Å²) >= 11 is 0. The highest BCUT2D eigenvalue weighted by atomic mass is 16.2. The Kier molecular flexibility index (Phi) is 4.51. The molecule has 24 heavy (non-hydrogen) atoms. The number of carbonyl (C=O) groups is 1. The van der Waals surface area contributed by atoms with Crippen molar-refractivity contribution >= 4 is 17.7 Å². The zero-order valence-electron chi connectivity index (χ0n) is 14.7. The van der Waals surface area contributed by atoms with E-state index in [0.29, 0.717) is 12.4 Å². The molecule has 2 aromatic rings. The second kappa shape index (κ2) is 6.59. The van der Waals surface area contributed by atoms with Gasteiger partial charge in [-0.15, -0.1) is 0 Å². The molecule has 3 rings (SSSR count). The number of anilines is 2. The van der Waals surface area contributed by atoms with Gasteiger partial charge in [0.15, 0.2) is 5.82 Å². The molecule has 0 aromatic carbocycles. The van der Waals surface area contributed by atoms with Crippen molar-refractivity contribution in [3.8, 4) is 0 Å². The molecule has 3 heterocycles. The van der Waals surface area contributed by atoms with Crippen LogP contribution < -0.4 is 10.2 Å². The lowest BCUT2D eigenvalue weighted by Crippen LogP contribution is -2.41. The molecular weight excluding hydrogens is 304 g/mol. The predicted octanol–water partition coefficient (Wildman–Crippen LogP) is 1.99. The van der Waals surface area contributed by atoms with Crippen LogP contribution in [0.1, 0.15) is 29.9 Å². The third-order valence-corrected chi connectivity index (χ3v) is 4.41. The molecule has 7 nitrogen and oxygen atoms in total. The lowest BCUT2D eigenvalue weighted by atomic mass is 9.97. The molecule has 7 heteroatoms. The maximum absolute atomic E-state index is 12.6. The zero-order chi connectivity index (χ0) is 17.3. The molecule has 1 N–H and O–H groups in total. The normalized spacial score (nSPS) is 17.8. The number of rotatable bonds is 3. The van der Waals surface area contributed by atoms with E-state index < -0.39 is 0 Å². The molecule has 0 unspecified atom stereocenters. The number of nitrogens with one attached hydrogen (secondary N) is 1. The number of hydrogen-bond acceptors (Lipinski definition) is 5. The van der Waals surface area contributed by atoms with Crippen LogP contribution in [0, 0.1) is 26.7 Å². The molecule has 1 atom stereocenters. The van der Waals surface area contributed by atoms with Crippen molar-refractivity contribution in [1.29, 1.82) is 0 Å². The standard InChI is InChI=1S/C17H24N6O/c1-11-8-12(2)19-17(18-11)23-7-5-6-14(10-23)16(24)20-15-9-13(3)22(4)21-15/h8-9,14H,5-7,10H2,1-4H3,(H,20,21,24)/t14-/m0/s1. The number of carbonyl (C=O) groups excluding carboxylic acids is 1. The fourth-order valence-corrected chi connectivity index (χ4v) is 3.07. The van der Waals surface area contributed by atoms with Crippen molar-refractivity contribution in [1.82, 2.24) is 19.7 Å².